The SMILES string of the molecule is C[C@@H]1CN(CC(=O)N2CC(C)(C)c3ncc(Cc4ccc(F)cc4)cc32)[C@@H](CN2Cc3cccnc3C2)CN1C(=O)OC(C)(C)C. The predicted octanol–water partition coefficient (Wildman–Crippen LogP) is 5.16. The minimum atomic E-state index is -0.596. The second-order valence-corrected chi connectivity index (χ2v) is 14.7. The van der Waals surface area contributed by atoms with Gasteiger partial charge in [0.15, 0.2) is 0 Å². The summed E-state index contributed by atoms with van der Waals surface area (Å²) in [6.07, 6.45) is 3.98. The van der Waals surface area contributed by atoms with E-state index < -0.39 is 5.60 Å². The van der Waals surface area contributed by atoms with Gasteiger partial charge in [0.25, 0.3) is 0 Å². The summed E-state index contributed by atoms with van der Waals surface area (Å²) in [6.45, 7) is 15.9. The van der Waals surface area contributed by atoms with Gasteiger partial charge >= 0.3 is 6.09 Å². The van der Waals surface area contributed by atoms with Gasteiger partial charge in [-0.1, -0.05) is 32.0 Å². The fourth-order valence-electron chi connectivity index (χ4n) is 6.94. The van der Waals surface area contributed by atoms with E-state index in [9.17, 15) is 14.0 Å². The van der Waals surface area contributed by atoms with E-state index in [4.69, 9.17) is 9.72 Å². The number of hydrogen-bond acceptors (Lipinski definition) is 7. The highest BCUT2D eigenvalue weighted by atomic mass is 19.1. The quantitative estimate of drug-likeness (QED) is 0.373. The molecule has 0 bridgehead atoms. The molecule has 46 heavy (non-hydrogen) atoms. The van der Waals surface area contributed by atoms with Gasteiger partial charge < -0.3 is 14.5 Å². The monoisotopic (exact) mass is 628 g/mol. The number of anilines is 1. The van der Waals surface area contributed by atoms with Gasteiger partial charge in [-0.15, -0.1) is 0 Å². The van der Waals surface area contributed by atoms with Crippen LogP contribution in [0.4, 0.5) is 14.9 Å². The highest BCUT2D eigenvalue weighted by Gasteiger charge is 2.43. The van der Waals surface area contributed by atoms with Crippen molar-refractivity contribution in [1.29, 1.82) is 0 Å². The van der Waals surface area contributed by atoms with Crippen molar-refractivity contribution in [1.82, 2.24) is 24.7 Å². The zero-order chi connectivity index (χ0) is 32.8. The minimum absolute atomic E-state index is 0.0156. The molecule has 9 nitrogen and oxygen atoms in total. The highest BCUT2D eigenvalue weighted by molar-refractivity contribution is 5.97. The molecule has 244 valence electrons. The first kappa shape index (κ1) is 32.1. The van der Waals surface area contributed by atoms with E-state index in [1.807, 2.05) is 56.0 Å². The smallest absolute Gasteiger partial charge is 0.410 e. The number of carbonyl (C=O) groups excluding carboxylic acids is 2. The first-order chi connectivity index (χ1) is 21.8. The maximum atomic E-state index is 14.2. The summed E-state index contributed by atoms with van der Waals surface area (Å²) in [5.41, 5.74) is 5.12. The second-order valence-electron chi connectivity index (χ2n) is 14.7. The van der Waals surface area contributed by atoms with E-state index in [2.05, 4.69) is 40.8 Å². The van der Waals surface area contributed by atoms with Gasteiger partial charge in [0.05, 0.1) is 23.6 Å². The number of amides is 2. The normalized spacial score (nSPS) is 21.3. The molecule has 2 amide bonds. The third kappa shape index (κ3) is 6.93. The van der Waals surface area contributed by atoms with Crippen LogP contribution in [0.5, 0.6) is 0 Å². The van der Waals surface area contributed by atoms with Gasteiger partial charge in [0.1, 0.15) is 11.4 Å². The number of ether oxygens (including phenoxy) is 1. The number of benzene rings is 1. The molecule has 0 aliphatic carbocycles. The fourth-order valence-corrected chi connectivity index (χ4v) is 6.94. The standard InChI is InChI=1S/C36H45FN6O3/c1-24-17-41(29(20-42(24)34(45)46-35(2,3)4)19-40-18-27-8-7-13-38-30(27)21-40)22-32(44)43-23-36(5,6)33-31(43)15-26(16-39-33)14-25-9-11-28(37)12-10-25/h7-13,15-16,24,29H,14,17-23H2,1-6H3/t24-,29+/m1/s1. The predicted molar refractivity (Wildman–Crippen MR) is 175 cm³/mol. The Bertz CT molecular complexity index is 1580. The number of rotatable bonds is 6. The zero-order valence-corrected chi connectivity index (χ0v) is 27.8. The van der Waals surface area contributed by atoms with Crippen LogP contribution in [0.25, 0.3) is 0 Å². The summed E-state index contributed by atoms with van der Waals surface area (Å²) in [7, 11) is 0. The zero-order valence-electron chi connectivity index (χ0n) is 27.8. The molecule has 1 saturated heterocycles. The molecule has 0 saturated carbocycles. The molecular weight excluding hydrogens is 583 g/mol. The average Bonchev–Trinajstić information content (AvgIpc) is 3.51. The summed E-state index contributed by atoms with van der Waals surface area (Å²) in [6, 6.07) is 12.4. The molecule has 3 aromatic rings. The van der Waals surface area contributed by atoms with Crippen molar-refractivity contribution in [2.24, 2.45) is 0 Å². The van der Waals surface area contributed by atoms with Gasteiger partial charge in [-0.05, 0) is 75.1 Å². The minimum Gasteiger partial charge on any atom is -0.444 e. The topological polar surface area (TPSA) is 82.1 Å². The van der Waals surface area contributed by atoms with Crippen molar-refractivity contribution < 1.29 is 18.7 Å². The third-order valence-corrected chi connectivity index (χ3v) is 9.17. The summed E-state index contributed by atoms with van der Waals surface area (Å²) in [5.74, 6) is -0.248. The van der Waals surface area contributed by atoms with E-state index in [0.29, 0.717) is 32.6 Å². The molecule has 10 heteroatoms. The van der Waals surface area contributed by atoms with Crippen molar-refractivity contribution in [2.45, 2.75) is 84.2 Å². The van der Waals surface area contributed by atoms with Crippen LogP contribution in [0.15, 0.2) is 54.9 Å². The Morgan fingerprint density at radius 1 is 1.04 bits per heavy atom. The van der Waals surface area contributed by atoms with Crippen molar-refractivity contribution in [3.63, 3.8) is 0 Å². The maximum Gasteiger partial charge on any atom is 0.410 e. The third-order valence-electron chi connectivity index (χ3n) is 9.17. The lowest BCUT2D eigenvalue weighted by Crippen LogP contribution is -2.63. The van der Waals surface area contributed by atoms with Crippen molar-refractivity contribution >= 4 is 17.7 Å². The van der Waals surface area contributed by atoms with E-state index in [1.54, 1.807) is 12.1 Å². The fraction of sp³-hybridized carbons (Fsp3) is 0.500. The van der Waals surface area contributed by atoms with Crippen LogP contribution in [0.3, 0.4) is 0 Å². The van der Waals surface area contributed by atoms with E-state index in [-0.39, 0.29) is 41.9 Å². The Morgan fingerprint density at radius 2 is 1.80 bits per heavy atom. The molecule has 0 unspecified atom stereocenters. The lowest BCUT2D eigenvalue weighted by Gasteiger charge is -2.46. The number of fused-ring (bicyclic) bond motifs is 2. The van der Waals surface area contributed by atoms with Gasteiger partial charge in [0.2, 0.25) is 5.91 Å². The van der Waals surface area contributed by atoms with Crippen LogP contribution in [0.2, 0.25) is 0 Å². The molecule has 5 heterocycles. The van der Waals surface area contributed by atoms with E-state index in [0.717, 1.165) is 41.3 Å². The first-order valence-electron chi connectivity index (χ1n) is 16.2. The molecular formula is C36H45FN6O3. The van der Waals surface area contributed by atoms with Gasteiger partial charge in [0, 0.05) is 69.2 Å². The Morgan fingerprint density at radius 3 is 2.52 bits per heavy atom. The molecule has 2 atom stereocenters. The Balaban J connectivity index is 1.22. The lowest BCUT2D eigenvalue weighted by atomic mass is 9.91. The van der Waals surface area contributed by atoms with Crippen LogP contribution in [0, 0.1) is 5.82 Å². The molecule has 6 rings (SSSR count). The van der Waals surface area contributed by atoms with Crippen LogP contribution in [0.1, 0.15) is 69.6 Å². The van der Waals surface area contributed by atoms with Crippen LogP contribution >= 0.6 is 0 Å². The lowest BCUT2D eigenvalue weighted by molar-refractivity contribution is -0.121. The molecule has 0 radical (unpaired) electrons. The number of halogens is 1. The van der Waals surface area contributed by atoms with Crippen molar-refractivity contribution in [2.75, 3.05) is 37.6 Å². The Hall–Kier alpha value is -3.89. The van der Waals surface area contributed by atoms with Crippen LogP contribution in [-0.2, 0) is 34.5 Å². The van der Waals surface area contributed by atoms with Crippen molar-refractivity contribution in [3.05, 3.63) is 88.8 Å². The van der Waals surface area contributed by atoms with Crippen LogP contribution in [-0.4, -0.2) is 87.1 Å². The molecule has 3 aliphatic rings. The molecule has 1 fully saturated rings. The van der Waals surface area contributed by atoms with E-state index >= 15 is 0 Å². The van der Waals surface area contributed by atoms with Crippen molar-refractivity contribution in [3.8, 4) is 0 Å². The molecule has 1 aromatic carbocycles. The van der Waals surface area contributed by atoms with Crippen LogP contribution < -0.4 is 4.90 Å². The summed E-state index contributed by atoms with van der Waals surface area (Å²) in [4.78, 5) is 45.2. The average molecular weight is 629 g/mol. The highest BCUT2D eigenvalue weighted by Crippen LogP contribution is 2.40. The van der Waals surface area contributed by atoms with Gasteiger partial charge in [-0.25, -0.2) is 9.18 Å². The molecule has 0 spiro atoms. The first-order valence-corrected chi connectivity index (χ1v) is 16.2. The molecule has 2 aromatic heterocycles. The Kier molecular flexibility index (Phi) is 8.63. The van der Waals surface area contributed by atoms with Gasteiger partial charge in [-0.2, -0.15) is 0 Å². The number of piperazine rings is 1. The number of hydrogen-bond donors (Lipinski definition) is 0. The Labute approximate surface area is 271 Å². The summed E-state index contributed by atoms with van der Waals surface area (Å²) >= 11 is 0. The van der Waals surface area contributed by atoms with E-state index in [1.165, 1.54) is 17.7 Å². The maximum absolute atomic E-state index is 14.2. The number of aromatic nitrogens is 2. The largest absolute Gasteiger partial charge is 0.444 e. The number of nitrogens with zero attached hydrogens (tertiary/aromatic N) is 6. The second kappa shape index (κ2) is 12.4. The number of pyridine rings is 2. The molecule has 3 aliphatic heterocycles. The molecule has 0 N–H and O–H groups in total. The van der Waals surface area contributed by atoms with Gasteiger partial charge in [-0.3, -0.25) is 24.6 Å². The summed E-state index contributed by atoms with van der Waals surface area (Å²) < 4.78 is 19.3. The summed E-state index contributed by atoms with van der Waals surface area (Å²) in [5, 5.41) is 0. The number of carbonyl (C=O) groups is 2.